The number of hydrogen-bond acceptors (Lipinski definition) is 3. The van der Waals surface area contributed by atoms with E-state index < -0.39 is 0 Å². The van der Waals surface area contributed by atoms with Gasteiger partial charge in [-0.15, -0.1) is 0 Å². The maximum atomic E-state index is 8.29. The molecule has 0 spiro atoms. The molecule has 64 valence electrons. The summed E-state index contributed by atoms with van der Waals surface area (Å²) in [6, 6.07) is 4.07. The summed E-state index contributed by atoms with van der Waals surface area (Å²) < 4.78 is 5.24. The average Bonchev–Trinajstić information content (AvgIpc) is 2.46. The molecule has 1 rings (SSSR count). The highest BCUT2D eigenvalue weighted by Crippen LogP contribution is 2.17. The van der Waals surface area contributed by atoms with Gasteiger partial charge in [0.1, 0.15) is 5.76 Å². The zero-order valence-corrected chi connectivity index (χ0v) is 7.86. The molecule has 0 atom stereocenters. The first-order valence-electron chi connectivity index (χ1n) is 3.82. The van der Waals surface area contributed by atoms with E-state index in [-0.39, 0.29) is 0 Å². The summed E-state index contributed by atoms with van der Waals surface area (Å²) in [5.41, 5.74) is 1.19. The van der Waals surface area contributed by atoms with Crippen LogP contribution in [0.3, 0.4) is 0 Å². The fraction of sp³-hybridized carbons (Fsp3) is 0.444. The highest BCUT2D eigenvalue weighted by atomic mass is 32.2. The summed E-state index contributed by atoms with van der Waals surface area (Å²) in [4.78, 5) is 0. The van der Waals surface area contributed by atoms with E-state index in [0.29, 0.717) is 6.42 Å². The van der Waals surface area contributed by atoms with E-state index in [1.54, 1.807) is 18.0 Å². The maximum Gasteiger partial charge on any atom is 0.116 e. The minimum Gasteiger partial charge on any atom is -0.468 e. The zero-order chi connectivity index (χ0) is 8.81. The first kappa shape index (κ1) is 9.21. The number of rotatable bonds is 4. The number of nitriles is 1. The molecule has 0 N–H and O–H groups in total. The van der Waals surface area contributed by atoms with Crippen LogP contribution >= 0.6 is 11.8 Å². The molecular weight excluding hydrogens is 170 g/mol. The van der Waals surface area contributed by atoms with Crippen molar-refractivity contribution in [1.82, 2.24) is 0 Å². The van der Waals surface area contributed by atoms with Crippen LogP contribution in [0.2, 0.25) is 0 Å². The Kier molecular flexibility index (Phi) is 3.75. The molecular formula is C9H11NOS. The summed E-state index contributed by atoms with van der Waals surface area (Å²) in [7, 11) is 0. The van der Waals surface area contributed by atoms with Gasteiger partial charge in [0.05, 0.1) is 18.1 Å². The van der Waals surface area contributed by atoms with Gasteiger partial charge in [0.25, 0.3) is 0 Å². The van der Waals surface area contributed by atoms with Crippen LogP contribution in [0.5, 0.6) is 0 Å². The van der Waals surface area contributed by atoms with Crippen LogP contribution < -0.4 is 0 Å². The van der Waals surface area contributed by atoms with Crippen LogP contribution in [0, 0.1) is 18.3 Å². The lowest BCUT2D eigenvalue weighted by Gasteiger charge is -1.95. The molecule has 12 heavy (non-hydrogen) atoms. The molecule has 0 aliphatic heterocycles. The van der Waals surface area contributed by atoms with Crippen LogP contribution in [0.4, 0.5) is 0 Å². The first-order chi connectivity index (χ1) is 5.84. The average molecular weight is 181 g/mol. The van der Waals surface area contributed by atoms with Gasteiger partial charge in [0.15, 0.2) is 0 Å². The molecule has 0 aliphatic rings. The Morgan fingerprint density at radius 1 is 1.67 bits per heavy atom. The topological polar surface area (TPSA) is 36.9 Å². The molecule has 1 aromatic heterocycles. The predicted octanol–water partition coefficient (Wildman–Crippen LogP) is 2.73. The van der Waals surface area contributed by atoms with Gasteiger partial charge in [-0.25, -0.2) is 0 Å². The van der Waals surface area contributed by atoms with Gasteiger partial charge >= 0.3 is 0 Å². The van der Waals surface area contributed by atoms with Crippen molar-refractivity contribution in [2.24, 2.45) is 0 Å². The molecule has 0 saturated heterocycles. The molecule has 0 unspecified atom stereocenters. The zero-order valence-electron chi connectivity index (χ0n) is 7.04. The summed E-state index contributed by atoms with van der Waals surface area (Å²) in [6.07, 6.45) is 2.32. The van der Waals surface area contributed by atoms with E-state index in [4.69, 9.17) is 9.68 Å². The number of aryl methyl sites for hydroxylation is 1. The molecule has 0 radical (unpaired) electrons. The molecule has 0 saturated carbocycles. The molecule has 0 amide bonds. The molecule has 1 heterocycles. The van der Waals surface area contributed by atoms with Crippen molar-refractivity contribution in [2.75, 3.05) is 5.75 Å². The minimum atomic E-state index is 0.615. The molecule has 0 fully saturated rings. The summed E-state index contributed by atoms with van der Waals surface area (Å²) in [5.74, 6) is 2.79. The van der Waals surface area contributed by atoms with Gasteiger partial charge in [-0.3, -0.25) is 0 Å². The fourth-order valence-electron chi connectivity index (χ4n) is 0.835. The summed E-state index contributed by atoms with van der Waals surface area (Å²) in [5, 5.41) is 8.29. The standard InChI is InChI=1S/C9H11NOS/c1-8-3-5-11-9(8)7-12-6-2-4-10/h3,5H,2,6-7H2,1H3. The highest BCUT2D eigenvalue weighted by Gasteiger charge is 2.00. The summed E-state index contributed by atoms with van der Waals surface area (Å²) in [6.45, 7) is 2.03. The smallest absolute Gasteiger partial charge is 0.116 e. The van der Waals surface area contributed by atoms with E-state index in [9.17, 15) is 0 Å². The Morgan fingerprint density at radius 2 is 2.50 bits per heavy atom. The van der Waals surface area contributed by atoms with Gasteiger partial charge in [-0.1, -0.05) is 0 Å². The van der Waals surface area contributed by atoms with Crippen LogP contribution in [0.25, 0.3) is 0 Å². The summed E-state index contributed by atoms with van der Waals surface area (Å²) >= 11 is 1.73. The van der Waals surface area contributed by atoms with Gasteiger partial charge < -0.3 is 4.42 Å². The van der Waals surface area contributed by atoms with E-state index in [1.165, 1.54) is 5.56 Å². The van der Waals surface area contributed by atoms with Crippen molar-refractivity contribution >= 4 is 11.8 Å². The Bertz CT molecular complexity index is 274. The van der Waals surface area contributed by atoms with Gasteiger partial charge in [-0.05, 0) is 18.6 Å². The molecule has 0 bridgehead atoms. The van der Waals surface area contributed by atoms with Crippen LogP contribution in [-0.4, -0.2) is 5.75 Å². The first-order valence-corrected chi connectivity index (χ1v) is 4.97. The number of nitrogens with zero attached hydrogens (tertiary/aromatic N) is 1. The van der Waals surface area contributed by atoms with Gasteiger partial charge in [-0.2, -0.15) is 17.0 Å². The molecule has 3 heteroatoms. The molecule has 0 aliphatic carbocycles. The Balaban J connectivity index is 2.25. The van der Waals surface area contributed by atoms with Crippen LogP contribution in [0.15, 0.2) is 16.7 Å². The maximum absolute atomic E-state index is 8.29. The van der Waals surface area contributed by atoms with Crippen molar-refractivity contribution in [3.63, 3.8) is 0 Å². The lowest BCUT2D eigenvalue weighted by Crippen LogP contribution is -1.82. The van der Waals surface area contributed by atoms with E-state index in [0.717, 1.165) is 17.3 Å². The fourth-order valence-corrected chi connectivity index (χ4v) is 1.70. The van der Waals surface area contributed by atoms with Crippen molar-refractivity contribution in [2.45, 2.75) is 19.1 Å². The third kappa shape index (κ3) is 2.63. The number of furan rings is 1. The Labute approximate surface area is 76.6 Å². The van der Waals surface area contributed by atoms with Crippen molar-refractivity contribution in [3.05, 3.63) is 23.7 Å². The quantitative estimate of drug-likeness (QED) is 0.670. The highest BCUT2D eigenvalue weighted by molar-refractivity contribution is 7.98. The minimum absolute atomic E-state index is 0.615. The second-order valence-corrected chi connectivity index (χ2v) is 3.59. The third-order valence-corrected chi connectivity index (χ3v) is 2.52. The van der Waals surface area contributed by atoms with Crippen LogP contribution in [-0.2, 0) is 5.75 Å². The second kappa shape index (κ2) is 4.89. The SMILES string of the molecule is Cc1ccoc1CSCCC#N. The Hall–Kier alpha value is -0.880. The monoisotopic (exact) mass is 181 g/mol. The van der Waals surface area contributed by atoms with Crippen molar-refractivity contribution in [3.8, 4) is 6.07 Å². The van der Waals surface area contributed by atoms with Crippen LogP contribution in [0.1, 0.15) is 17.7 Å². The normalized spacial score (nSPS) is 9.67. The lowest BCUT2D eigenvalue weighted by molar-refractivity contribution is 0.528. The number of hydrogen-bond donors (Lipinski definition) is 0. The van der Waals surface area contributed by atoms with E-state index in [1.807, 2.05) is 13.0 Å². The molecule has 2 nitrogen and oxygen atoms in total. The lowest BCUT2D eigenvalue weighted by atomic mass is 10.3. The third-order valence-electron chi connectivity index (χ3n) is 1.56. The second-order valence-electron chi connectivity index (χ2n) is 2.49. The predicted molar refractivity (Wildman–Crippen MR) is 49.8 cm³/mol. The number of thioether (sulfide) groups is 1. The van der Waals surface area contributed by atoms with Crippen molar-refractivity contribution in [1.29, 1.82) is 5.26 Å². The molecule has 1 aromatic rings. The Morgan fingerprint density at radius 3 is 3.08 bits per heavy atom. The largest absolute Gasteiger partial charge is 0.468 e. The molecule has 0 aromatic carbocycles. The van der Waals surface area contributed by atoms with Gasteiger partial charge in [0.2, 0.25) is 0 Å². The van der Waals surface area contributed by atoms with E-state index in [2.05, 4.69) is 6.07 Å². The van der Waals surface area contributed by atoms with Crippen molar-refractivity contribution < 1.29 is 4.42 Å². The van der Waals surface area contributed by atoms with E-state index >= 15 is 0 Å². The van der Waals surface area contributed by atoms with Gasteiger partial charge in [0, 0.05) is 12.2 Å².